The lowest BCUT2D eigenvalue weighted by Crippen LogP contribution is -2.42. The van der Waals surface area contributed by atoms with Gasteiger partial charge in [0.25, 0.3) is 5.56 Å². The number of likely N-dealkylation sites (N-methyl/N-ethyl adjacent to an activating group) is 1. The molecule has 7 nitrogen and oxygen atoms in total. The van der Waals surface area contributed by atoms with Crippen LogP contribution in [0.4, 0.5) is 0 Å². The number of ether oxygens (including phenoxy) is 1. The smallest absolute Gasteiger partial charge is 0.336 e. The Morgan fingerprint density at radius 2 is 1.93 bits per heavy atom. The van der Waals surface area contributed by atoms with Crippen molar-refractivity contribution in [1.82, 2.24) is 14.0 Å². The number of rotatable bonds is 6. The van der Waals surface area contributed by atoms with Gasteiger partial charge in [0.2, 0.25) is 5.91 Å². The summed E-state index contributed by atoms with van der Waals surface area (Å²) in [5.41, 5.74) is -0.416. The summed E-state index contributed by atoms with van der Waals surface area (Å²) < 4.78 is 7.55. The van der Waals surface area contributed by atoms with Gasteiger partial charge < -0.3 is 9.64 Å². The van der Waals surface area contributed by atoms with Gasteiger partial charge in [0.05, 0.1) is 23.7 Å². The molecule has 0 fully saturated rings. The van der Waals surface area contributed by atoms with Gasteiger partial charge in [-0.15, -0.1) is 0 Å². The average Bonchev–Trinajstić information content (AvgIpc) is 2.71. The van der Waals surface area contributed by atoms with Crippen molar-refractivity contribution in [2.75, 3.05) is 20.7 Å². The lowest BCUT2D eigenvalue weighted by molar-refractivity contribution is -0.130. The van der Waals surface area contributed by atoms with Crippen molar-refractivity contribution in [3.8, 4) is 11.4 Å². The van der Waals surface area contributed by atoms with Crippen LogP contribution in [-0.4, -0.2) is 40.6 Å². The van der Waals surface area contributed by atoms with Crippen molar-refractivity contribution in [2.24, 2.45) is 0 Å². The first kappa shape index (κ1) is 20.7. The van der Waals surface area contributed by atoms with Crippen molar-refractivity contribution in [1.29, 1.82) is 0 Å². The van der Waals surface area contributed by atoms with E-state index in [1.807, 2.05) is 6.92 Å². The van der Waals surface area contributed by atoms with E-state index in [1.54, 1.807) is 48.3 Å². The summed E-state index contributed by atoms with van der Waals surface area (Å²) in [6.07, 6.45) is 0.799. The summed E-state index contributed by atoms with van der Waals surface area (Å²) in [7, 11) is 3.19. The molecule has 0 unspecified atom stereocenters. The van der Waals surface area contributed by atoms with E-state index in [0.29, 0.717) is 33.9 Å². The molecule has 8 heteroatoms. The molecule has 0 aliphatic rings. The molecule has 0 spiro atoms. The van der Waals surface area contributed by atoms with Gasteiger partial charge >= 0.3 is 5.69 Å². The van der Waals surface area contributed by atoms with Crippen LogP contribution in [0.3, 0.4) is 0 Å². The van der Waals surface area contributed by atoms with Crippen molar-refractivity contribution in [2.45, 2.75) is 19.9 Å². The number of amides is 1. The fourth-order valence-corrected chi connectivity index (χ4v) is 3.35. The monoisotopic (exact) mass is 415 g/mol. The molecule has 0 saturated carbocycles. The molecular formula is C21H22ClN3O4. The molecule has 3 aromatic rings. The molecule has 2 aromatic carbocycles. The van der Waals surface area contributed by atoms with E-state index in [4.69, 9.17) is 16.3 Å². The Kier molecular flexibility index (Phi) is 6.08. The second kappa shape index (κ2) is 8.53. The van der Waals surface area contributed by atoms with Crippen LogP contribution in [0.5, 0.6) is 5.75 Å². The van der Waals surface area contributed by atoms with Crippen LogP contribution in [0.15, 0.2) is 52.1 Å². The third-order valence-electron chi connectivity index (χ3n) is 4.70. The topological polar surface area (TPSA) is 73.5 Å². The zero-order chi connectivity index (χ0) is 21.1. The van der Waals surface area contributed by atoms with Crippen molar-refractivity contribution < 1.29 is 9.53 Å². The molecule has 0 radical (unpaired) electrons. The first-order valence-corrected chi connectivity index (χ1v) is 9.58. The van der Waals surface area contributed by atoms with Crippen molar-refractivity contribution in [3.63, 3.8) is 0 Å². The Morgan fingerprint density at radius 3 is 2.62 bits per heavy atom. The number of aromatic nitrogens is 2. The van der Waals surface area contributed by atoms with E-state index >= 15 is 0 Å². The summed E-state index contributed by atoms with van der Waals surface area (Å²) in [5.74, 6) is 0.279. The van der Waals surface area contributed by atoms with E-state index in [2.05, 4.69) is 0 Å². The van der Waals surface area contributed by atoms with Gasteiger partial charge in [-0.2, -0.15) is 0 Å². The van der Waals surface area contributed by atoms with Crippen LogP contribution >= 0.6 is 11.6 Å². The maximum atomic E-state index is 13.3. The fourth-order valence-electron chi connectivity index (χ4n) is 3.19. The van der Waals surface area contributed by atoms with E-state index < -0.39 is 11.2 Å². The van der Waals surface area contributed by atoms with Gasteiger partial charge in [0, 0.05) is 24.7 Å². The number of benzene rings is 2. The fraction of sp³-hybridized carbons (Fsp3) is 0.286. The maximum absolute atomic E-state index is 13.3. The van der Waals surface area contributed by atoms with Crippen LogP contribution in [-0.2, 0) is 11.3 Å². The Bertz CT molecular complexity index is 1180. The molecule has 0 N–H and O–H groups in total. The standard InChI is InChI=1S/C21H22ClN3O4/c1-4-10-23(2)19(26)13-24-18-11-14(22)8-9-17(18)20(27)25(21(24)28)15-6-5-7-16(12-15)29-3/h5-9,11-12H,4,10,13H2,1-3H3. The zero-order valence-corrected chi connectivity index (χ0v) is 17.3. The highest BCUT2D eigenvalue weighted by atomic mass is 35.5. The Morgan fingerprint density at radius 1 is 1.17 bits per heavy atom. The van der Waals surface area contributed by atoms with Gasteiger partial charge in [-0.05, 0) is 36.8 Å². The SMILES string of the molecule is CCCN(C)C(=O)Cn1c(=O)n(-c2cccc(OC)c2)c(=O)c2ccc(Cl)cc21. The molecule has 29 heavy (non-hydrogen) atoms. The summed E-state index contributed by atoms with van der Waals surface area (Å²) in [4.78, 5) is 40.6. The molecule has 0 bridgehead atoms. The van der Waals surface area contributed by atoms with E-state index in [0.717, 1.165) is 11.0 Å². The Hall–Kier alpha value is -3.06. The third-order valence-corrected chi connectivity index (χ3v) is 4.93. The minimum absolute atomic E-state index is 0.198. The summed E-state index contributed by atoms with van der Waals surface area (Å²) in [6, 6.07) is 11.3. The second-order valence-corrected chi connectivity index (χ2v) is 7.12. The third kappa shape index (κ3) is 4.05. The molecule has 152 valence electrons. The minimum Gasteiger partial charge on any atom is -0.497 e. The first-order valence-electron chi connectivity index (χ1n) is 9.21. The van der Waals surface area contributed by atoms with Crippen LogP contribution in [0, 0.1) is 0 Å². The number of methoxy groups -OCH3 is 1. The van der Waals surface area contributed by atoms with Crippen LogP contribution in [0.25, 0.3) is 16.6 Å². The van der Waals surface area contributed by atoms with Gasteiger partial charge in [0.15, 0.2) is 0 Å². The predicted octanol–water partition coefficient (Wildman–Crippen LogP) is 2.68. The summed E-state index contributed by atoms with van der Waals surface area (Å²) in [5, 5.41) is 0.668. The molecule has 0 aliphatic carbocycles. The van der Waals surface area contributed by atoms with Crippen LogP contribution < -0.4 is 16.0 Å². The normalized spacial score (nSPS) is 10.9. The highest BCUT2D eigenvalue weighted by molar-refractivity contribution is 6.31. The Labute approximate surface area is 172 Å². The Balaban J connectivity index is 2.28. The van der Waals surface area contributed by atoms with Gasteiger partial charge in [-0.3, -0.25) is 14.2 Å². The van der Waals surface area contributed by atoms with E-state index in [1.165, 1.54) is 17.7 Å². The zero-order valence-electron chi connectivity index (χ0n) is 16.5. The quantitative estimate of drug-likeness (QED) is 0.620. The van der Waals surface area contributed by atoms with Crippen molar-refractivity contribution in [3.05, 3.63) is 68.3 Å². The highest BCUT2D eigenvalue weighted by Gasteiger charge is 2.18. The number of nitrogens with zero attached hydrogens (tertiary/aromatic N) is 3. The number of halogens is 1. The van der Waals surface area contributed by atoms with Gasteiger partial charge in [0.1, 0.15) is 12.3 Å². The van der Waals surface area contributed by atoms with Gasteiger partial charge in [-0.1, -0.05) is 24.6 Å². The average molecular weight is 416 g/mol. The maximum Gasteiger partial charge on any atom is 0.336 e. The van der Waals surface area contributed by atoms with E-state index in [9.17, 15) is 14.4 Å². The van der Waals surface area contributed by atoms with Crippen molar-refractivity contribution >= 4 is 28.4 Å². The second-order valence-electron chi connectivity index (χ2n) is 6.69. The molecule has 1 aromatic heterocycles. The molecule has 0 saturated heterocycles. The number of carbonyl (C=O) groups excluding carboxylic acids is 1. The first-order chi connectivity index (χ1) is 13.9. The molecule has 0 aliphatic heterocycles. The number of hydrogen-bond acceptors (Lipinski definition) is 4. The highest BCUT2D eigenvalue weighted by Crippen LogP contribution is 2.18. The number of hydrogen-bond donors (Lipinski definition) is 0. The molecular weight excluding hydrogens is 394 g/mol. The molecule has 3 rings (SSSR count). The minimum atomic E-state index is -0.615. The lowest BCUT2D eigenvalue weighted by Gasteiger charge is -2.19. The van der Waals surface area contributed by atoms with E-state index in [-0.39, 0.29) is 12.5 Å². The number of fused-ring (bicyclic) bond motifs is 1. The van der Waals surface area contributed by atoms with Crippen LogP contribution in [0.1, 0.15) is 13.3 Å². The summed E-state index contributed by atoms with van der Waals surface area (Å²) in [6.45, 7) is 2.34. The van der Waals surface area contributed by atoms with Crippen LogP contribution in [0.2, 0.25) is 5.02 Å². The largest absolute Gasteiger partial charge is 0.497 e. The molecule has 1 amide bonds. The lowest BCUT2D eigenvalue weighted by atomic mass is 10.2. The molecule has 0 atom stereocenters. The number of carbonyl (C=O) groups is 1. The summed E-state index contributed by atoms with van der Waals surface area (Å²) >= 11 is 6.10. The van der Waals surface area contributed by atoms with Gasteiger partial charge in [-0.25, -0.2) is 9.36 Å². The molecule has 1 heterocycles. The predicted molar refractivity (Wildman–Crippen MR) is 113 cm³/mol.